The van der Waals surface area contributed by atoms with Crippen LogP contribution < -0.4 is 10.1 Å². The van der Waals surface area contributed by atoms with Gasteiger partial charge in [0.05, 0.1) is 10.6 Å². The van der Waals surface area contributed by atoms with Crippen LogP contribution in [0.2, 0.25) is 5.02 Å². The number of nitrogens with one attached hydrogen (secondary N) is 1. The molecule has 3 rings (SSSR count). The van der Waals surface area contributed by atoms with Crippen LogP contribution in [0.3, 0.4) is 0 Å². The molecule has 1 aliphatic carbocycles. The molecule has 0 unspecified atom stereocenters. The smallest absolute Gasteiger partial charge is 0.262 e. The minimum absolute atomic E-state index is 0.0657. The van der Waals surface area contributed by atoms with Crippen LogP contribution in [0.1, 0.15) is 43.2 Å². The molecule has 1 atom stereocenters. The number of carbonyl (C=O) groups excluding carboxylic acids is 1. The molecule has 0 bridgehead atoms. The zero-order valence-corrected chi connectivity index (χ0v) is 17.6. The fourth-order valence-corrected chi connectivity index (χ4v) is 4.87. The molecule has 1 amide bonds. The number of amides is 1. The summed E-state index contributed by atoms with van der Waals surface area (Å²) in [4.78, 5) is 13.5. The first-order chi connectivity index (χ1) is 13.2. The number of thiophene rings is 1. The normalized spacial score (nSPS) is 16.2. The topological polar surface area (TPSA) is 62.1 Å². The lowest BCUT2D eigenvalue weighted by atomic mass is 9.72. The van der Waals surface area contributed by atoms with Crippen LogP contribution in [-0.2, 0) is 17.6 Å². The average Bonchev–Trinajstić information content (AvgIpc) is 2.98. The largest absolute Gasteiger partial charge is 0.484 e. The maximum Gasteiger partial charge on any atom is 0.262 e. The van der Waals surface area contributed by atoms with Crippen molar-refractivity contribution in [3.05, 3.63) is 45.0 Å². The van der Waals surface area contributed by atoms with Crippen molar-refractivity contribution in [2.45, 2.75) is 40.0 Å². The molecule has 1 aromatic heterocycles. The predicted octanol–water partition coefficient (Wildman–Crippen LogP) is 5.58. The first kappa shape index (κ1) is 20.6. The van der Waals surface area contributed by atoms with Crippen LogP contribution in [0, 0.1) is 28.5 Å². The molecular formula is C21H22ClFN2O2S. The number of fused-ring (bicyclic) bond motifs is 1. The first-order valence-corrected chi connectivity index (χ1v) is 10.3. The summed E-state index contributed by atoms with van der Waals surface area (Å²) in [5.74, 6) is -0.0568. The molecule has 4 nitrogen and oxygen atoms in total. The van der Waals surface area contributed by atoms with E-state index in [2.05, 4.69) is 32.2 Å². The molecular weight excluding hydrogens is 399 g/mol. The van der Waals surface area contributed by atoms with E-state index in [4.69, 9.17) is 16.3 Å². The van der Waals surface area contributed by atoms with Gasteiger partial charge in [-0.3, -0.25) is 4.79 Å². The lowest BCUT2D eigenvalue weighted by Gasteiger charge is -2.33. The van der Waals surface area contributed by atoms with Gasteiger partial charge in [0.15, 0.2) is 6.61 Å². The van der Waals surface area contributed by atoms with E-state index < -0.39 is 5.82 Å². The lowest BCUT2D eigenvalue weighted by molar-refractivity contribution is -0.118. The van der Waals surface area contributed by atoms with Crippen LogP contribution in [0.4, 0.5) is 9.39 Å². The van der Waals surface area contributed by atoms with Crippen molar-refractivity contribution in [1.29, 1.82) is 5.26 Å². The third kappa shape index (κ3) is 4.48. The van der Waals surface area contributed by atoms with Crippen molar-refractivity contribution >= 4 is 33.8 Å². The Morgan fingerprint density at radius 1 is 1.46 bits per heavy atom. The van der Waals surface area contributed by atoms with E-state index in [-0.39, 0.29) is 23.0 Å². The van der Waals surface area contributed by atoms with Crippen LogP contribution >= 0.6 is 22.9 Å². The number of carbonyl (C=O) groups is 1. The summed E-state index contributed by atoms with van der Waals surface area (Å²) < 4.78 is 18.6. The van der Waals surface area contributed by atoms with Crippen LogP contribution in [0.25, 0.3) is 0 Å². The molecule has 28 heavy (non-hydrogen) atoms. The van der Waals surface area contributed by atoms with Gasteiger partial charge in [0.1, 0.15) is 22.6 Å². The number of hydrogen-bond acceptors (Lipinski definition) is 4. The number of nitriles is 1. The molecule has 0 radical (unpaired) electrons. The highest BCUT2D eigenvalue weighted by Gasteiger charge is 2.32. The summed E-state index contributed by atoms with van der Waals surface area (Å²) in [6.07, 6.45) is 2.83. The zero-order valence-electron chi connectivity index (χ0n) is 16.1. The Labute approximate surface area is 173 Å². The number of halogens is 2. The molecule has 7 heteroatoms. The van der Waals surface area contributed by atoms with Gasteiger partial charge in [0, 0.05) is 10.9 Å². The van der Waals surface area contributed by atoms with Gasteiger partial charge in [-0.1, -0.05) is 32.4 Å². The van der Waals surface area contributed by atoms with E-state index in [9.17, 15) is 14.4 Å². The third-order valence-corrected chi connectivity index (χ3v) is 6.58. The first-order valence-electron chi connectivity index (χ1n) is 9.11. The number of hydrogen-bond donors (Lipinski definition) is 1. The Bertz CT molecular complexity index is 943. The Morgan fingerprint density at radius 3 is 2.86 bits per heavy atom. The Hall–Kier alpha value is -2.10. The molecule has 0 fully saturated rings. The number of anilines is 1. The van der Waals surface area contributed by atoms with Crippen molar-refractivity contribution < 1.29 is 13.9 Å². The number of benzene rings is 1. The second kappa shape index (κ2) is 8.10. The van der Waals surface area contributed by atoms with Crippen LogP contribution in [0.5, 0.6) is 5.75 Å². The molecule has 1 aliphatic rings. The summed E-state index contributed by atoms with van der Waals surface area (Å²) >= 11 is 7.19. The van der Waals surface area contributed by atoms with E-state index in [0.717, 1.165) is 24.8 Å². The van der Waals surface area contributed by atoms with Crippen molar-refractivity contribution in [1.82, 2.24) is 0 Å². The minimum atomic E-state index is -0.546. The van der Waals surface area contributed by atoms with Crippen molar-refractivity contribution in [3.8, 4) is 11.8 Å². The molecule has 1 N–H and O–H groups in total. The molecule has 2 aromatic rings. The minimum Gasteiger partial charge on any atom is -0.484 e. The second-order valence-electron chi connectivity index (χ2n) is 8.04. The van der Waals surface area contributed by atoms with E-state index >= 15 is 0 Å². The summed E-state index contributed by atoms with van der Waals surface area (Å²) in [5.41, 5.74) is 1.84. The zero-order chi connectivity index (χ0) is 20.5. The van der Waals surface area contributed by atoms with Gasteiger partial charge >= 0.3 is 0 Å². The predicted molar refractivity (Wildman–Crippen MR) is 110 cm³/mol. The number of nitrogens with zero attached hydrogens (tertiary/aromatic N) is 1. The monoisotopic (exact) mass is 420 g/mol. The Morgan fingerprint density at radius 2 is 2.21 bits per heavy atom. The van der Waals surface area contributed by atoms with Gasteiger partial charge in [-0.2, -0.15) is 5.26 Å². The molecule has 0 saturated heterocycles. The van der Waals surface area contributed by atoms with Gasteiger partial charge < -0.3 is 10.1 Å². The fraction of sp³-hybridized carbons (Fsp3) is 0.429. The lowest BCUT2D eigenvalue weighted by Crippen LogP contribution is -2.26. The van der Waals surface area contributed by atoms with Gasteiger partial charge in [-0.05, 0) is 48.3 Å². The Kier molecular flexibility index (Phi) is 5.97. The van der Waals surface area contributed by atoms with Gasteiger partial charge in [-0.25, -0.2) is 4.39 Å². The average molecular weight is 421 g/mol. The molecule has 1 aromatic carbocycles. The standard InChI is InChI=1S/C21H22ClFN2O2S/c1-21(2,3)12-4-6-14-15(10-24)20(28-18(14)8-12)25-19(26)11-27-13-5-7-17(23)16(22)9-13/h5,7,9,12H,4,6,8,11H2,1-3H3,(H,25,26)/t12-/m1/s1. The summed E-state index contributed by atoms with van der Waals surface area (Å²) in [6.45, 7) is 6.47. The van der Waals surface area contributed by atoms with Crippen LogP contribution in [-0.4, -0.2) is 12.5 Å². The molecule has 0 aliphatic heterocycles. The third-order valence-electron chi connectivity index (χ3n) is 5.12. The molecule has 1 heterocycles. The van der Waals surface area contributed by atoms with Crippen molar-refractivity contribution in [2.24, 2.45) is 11.3 Å². The quantitative estimate of drug-likeness (QED) is 0.702. The number of rotatable bonds is 4. The van der Waals surface area contributed by atoms with Gasteiger partial charge in [0.25, 0.3) is 5.91 Å². The Balaban J connectivity index is 1.69. The summed E-state index contributed by atoms with van der Waals surface area (Å²) in [5, 5.41) is 12.9. The van der Waals surface area contributed by atoms with E-state index in [1.807, 2.05) is 0 Å². The number of ether oxygens (including phenoxy) is 1. The maximum atomic E-state index is 13.2. The highest BCUT2D eigenvalue weighted by molar-refractivity contribution is 7.16. The van der Waals surface area contributed by atoms with E-state index in [0.29, 0.717) is 22.2 Å². The second-order valence-corrected chi connectivity index (χ2v) is 9.55. The SMILES string of the molecule is CC(C)(C)[C@@H]1CCc2c(sc(NC(=O)COc3ccc(F)c(Cl)c3)c2C#N)C1. The molecule has 148 valence electrons. The van der Waals surface area contributed by atoms with E-state index in [1.54, 1.807) is 0 Å². The molecule has 0 saturated carbocycles. The maximum absolute atomic E-state index is 13.2. The van der Waals surface area contributed by atoms with Crippen LogP contribution in [0.15, 0.2) is 18.2 Å². The highest BCUT2D eigenvalue weighted by atomic mass is 35.5. The van der Waals surface area contributed by atoms with Gasteiger partial charge in [-0.15, -0.1) is 11.3 Å². The summed E-state index contributed by atoms with van der Waals surface area (Å²) in [7, 11) is 0. The van der Waals surface area contributed by atoms with Gasteiger partial charge in [0.2, 0.25) is 0 Å². The summed E-state index contributed by atoms with van der Waals surface area (Å²) in [6, 6.07) is 6.16. The highest BCUT2D eigenvalue weighted by Crippen LogP contribution is 2.43. The van der Waals surface area contributed by atoms with Crippen molar-refractivity contribution in [2.75, 3.05) is 11.9 Å². The van der Waals surface area contributed by atoms with E-state index in [1.165, 1.54) is 34.4 Å². The van der Waals surface area contributed by atoms with Crippen molar-refractivity contribution in [3.63, 3.8) is 0 Å². The molecule has 0 spiro atoms. The fourth-order valence-electron chi connectivity index (χ4n) is 3.41.